The maximum absolute atomic E-state index is 3.48. The van der Waals surface area contributed by atoms with Crippen molar-refractivity contribution >= 4 is 0 Å². The van der Waals surface area contributed by atoms with Crippen molar-refractivity contribution in [2.45, 2.75) is 32.2 Å². The van der Waals surface area contributed by atoms with E-state index in [0.29, 0.717) is 6.04 Å². The number of benzene rings is 1. The molecule has 1 heterocycles. The van der Waals surface area contributed by atoms with E-state index in [2.05, 4.69) is 48.5 Å². The molecule has 0 spiro atoms. The Labute approximate surface area is 105 Å². The maximum Gasteiger partial charge on any atom is 0.0258 e. The van der Waals surface area contributed by atoms with Crippen LogP contribution in [0.1, 0.15) is 24.5 Å². The number of nitrogens with one attached hydrogen (secondary N) is 1. The smallest absolute Gasteiger partial charge is 0.0258 e. The van der Waals surface area contributed by atoms with Gasteiger partial charge in [-0.05, 0) is 31.0 Å². The highest BCUT2D eigenvalue weighted by molar-refractivity contribution is 5.23. The second-order valence-electron chi connectivity index (χ2n) is 5.11. The van der Waals surface area contributed by atoms with E-state index >= 15 is 0 Å². The van der Waals surface area contributed by atoms with Crippen LogP contribution >= 0.6 is 0 Å². The minimum absolute atomic E-state index is 0.653. The van der Waals surface area contributed by atoms with Crippen molar-refractivity contribution in [3.8, 4) is 0 Å². The van der Waals surface area contributed by atoms with Crippen LogP contribution in [0.25, 0.3) is 0 Å². The second kappa shape index (κ2) is 6.18. The second-order valence-corrected chi connectivity index (χ2v) is 5.11. The summed E-state index contributed by atoms with van der Waals surface area (Å²) in [7, 11) is 2.23. The molecular weight excluding hydrogens is 208 g/mol. The standard InChI is InChI=1S/C15H24N2/c1-3-4-13-5-7-14(8-6-13)11-15-12-16-9-10-17(15)2/h5-8,15-16H,3-4,9-12H2,1-2H3. The molecule has 17 heavy (non-hydrogen) atoms. The molecule has 2 heteroatoms. The van der Waals surface area contributed by atoms with Gasteiger partial charge >= 0.3 is 0 Å². The summed E-state index contributed by atoms with van der Waals surface area (Å²) in [5.41, 5.74) is 2.93. The van der Waals surface area contributed by atoms with Crippen LogP contribution in [-0.2, 0) is 12.8 Å². The Hall–Kier alpha value is -0.860. The zero-order valence-electron chi connectivity index (χ0n) is 11.1. The molecule has 0 bridgehead atoms. The van der Waals surface area contributed by atoms with E-state index in [1.165, 1.54) is 30.5 Å². The summed E-state index contributed by atoms with van der Waals surface area (Å²) in [6.45, 7) is 5.64. The molecule has 1 aliphatic rings. The largest absolute Gasteiger partial charge is 0.314 e. The normalized spacial score (nSPS) is 21.6. The van der Waals surface area contributed by atoms with Crippen LogP contribution < -0.4 is 5.32 Å². The first kappa shape index (κ1) is 12.6. The number of hydrogen-bond donors (Lipinski definition) is 1. The first-order chi connectivity index (χ1) is 8.29. The van der Waals surface area contributed by atoms with Gasteiger partial charge in [0.15, 0.2) is 0 Å². The summed E-state index contributed by atoms with van der Waals surface area (Å²) in [6.07, 6.45) is 3.59. The first-order valence-electron chi connectivity index (χ1n) is 6.78. The molecular formula is C15H24N2. The molecule has 0 saturated carbocycles. The molecule has 1 fully saturated rings. The Morgan fingerprint density at radius 2 is 1.94 bits per heavy atom. The van der Waals surface area contributed by atoms with Gasteiger partial charge in [0.2, 0.25) is 0 Å². The molecule has 94 valence electrons. The summed E-state index contributed by atoms with van der Waals surface area (Å²) < 4.78 is 0. The number of rotatable bonds is 4. The summed E-state index contributed by atoms with van der Waals surface area (Å²) in [5.74, 6) is 0. The van der Waals surface area contributed by atoms with E-state index < -0.39 is 0 Å². The van der Waals surface area contributed by atoms with E-state index in [9.17, 15) is 0 Å². The van der Waals surface area contributed by atoms with Gasteiger partial charge in [-0.3, -0.25) is 0 Å². The summed E-state index contributed by atoms with van der Waals surface area (Å²) >= 11 is 0. The fraction of sp³-hybridized carbons (Fsp3) is 0.600. The number of piperazine rings is 1. The van der Waals surface area contributed by atoms with Crippen LogP contribution in [0.4, 0.5) is 0 Å². The maximum atomic E-state index is 3.48. The Morgan fingerprint density at radius 3 is 2.59 bits per heavy atom. The number of hydrogen-bond acceptors (Lipinski definition) is 2. The molecule has 1 N–H and O–H groups in total. The van der Waals surface area contributed by atoms with Gasteiger partial charge in [-0.2, -0.15) is 0 Å². The average molecular weight is 232 g/mol. The van der Waals surface area contributed by atoms with Crippen molar-refractivity contribution in [1.82, 2.24) is 10.2 Å². The third-order valence-corrected chi connectivity index (χ3v) is 3.68. The molecule has 1 aliphatic heterocycles. The molecule has 1 unspecified atom stereocenters. The van der Waals surface area contributed by atoms with Crippen LogP contribution in [0.3, 0.4) is 0 Å². The minimum Gasteiger partial charge on any atom is -0.314 e. The average Bonchev–Trinajstić information content (AvgIpc) is 2.35. The van der Waals surface area contributed by atoms with Crippen molar-refractivity contribution in [3.05, 3.63) is 35.4 Å². The summed E-state index contributed by atoms with van der Waals surface area (Å²) in [6, 6.07) is 9.83. The Balaban J connectivity index is 1.93. The lowest BCUT2D eigenvalue weighted by Gasteiger charge is -2.33. The lowest BCUT2D eigenvalue weighted by atomic mass is 10.0. The zero-order chi connectivity index (χ0) is 12.1. The van der Waals surface area contributed by atoms with Crippen LogP contribution in [0.15, 0.2) is 24.3 Å². The molecule has 0 aliphatic carbocycles. The van der Waals surface area contributed by atoms with Crippen molar-refractivity contribution in [2.75, 3.05) is 26.7 Å². The van der Waals surface area contributed by atoms with Gasteiger partial charge in [-0.25, -0.2) is 0 Å². The van der Waals surface area contributed by atoms with E-state index in [1.54, 1.807) is 0 Å². The predicted octanol–water partition coefficient (Wildman–Crippen LogP) is 2.09. The summed E-state index contributed by atoms with van der Waals surface area (Å²) in [5, 5.41) is 3.48. The van der Waals surface area contributed by atoms with Crippen molar-refractivity contribution in [2.24, 2.45) is 0 Å². The highest BCUT2D eigenvalue weighted by Crippen LogP contribution is 2.12. The Bertz CT molecular complexity index is 331. The Morgan fingerprint density at radius 1 is 1.24 bits per heavy atom. The van der Waals surface area contributed by atoms with Gasteiger partial charge in [0.05, 0.1) is 0 Å². The molecule has 1 aromatic rings. The van der Waals surface area contributed by atoms with Crippen molar-refractivity contribution in [3.63, 3.8) is 0 Å². The van der Waals surface area contributed by atoms with E-state index in [1.807, 2.05) is 0 Å². The molecule has 0 aromatic heterocycles. The van der Waals surface area contributed by atoms with Gasteiger partial charge < -0.3 is 10.2 Å². The third kappa shape index (κ3) is 3.55. The molecule has 1 aromatic carbocycles. The lowest BCUT2D eigenvalue weighted by Crippen LogP contribution is -2.50. The monoisotopic (exact) mass is 232 g/mol. The van der Waals surface area contributed by atoms with E-state index in [4.69, 9.17) is 0 Å². The Kier molecular flexibility index (Phi) is 4.57. The van der Waals surface area contributed by atoms with Gasteiger partial charge in [0.25, 0.3) is 0 Å². The first-order valence-corrected chi connectivity index (χ1v) is 6.78. The van der Waals surface area contributed by atoms with E-state index in [0.717, 1.165) is 19.5 Å². The molecule has 0 radical (unpaired) electrons. The number of aryl methyl sites for hydroxylation is 1. The van der Waals surface area contributed by atoms with Crippen LogP contribution in [0, 0.1) is 0 Å². The third-order valence-electron chi connectivity index (χ3n) is 3.68. The quantitative estimate of drug-likeness (QED) is 0.855. The zero-order valence-corrected chi connectivity index (χ0v) is 11.1. The van der Waals surface area contributed by atoms with Crippen molar-refractivity contribution in [1.29, 1.82) is 0 Å². The van der Waals surface area contributed by atoms with E-state index in [-0.39, 0.29) is 0 Å². The predicted molar refractivity (Wildman–Crippen MR) is 73.4 cm³/mol. The van der Waals surface area contributed by atoms with Crippen LogP contribution in [0.2, 0.25) is 0 Å². The lowest BCUT2D eigenvalue weighted by molar-refractivity contribution is 0.199. The SMILES string of the molecule is CCCc1ccc(CC2CNCCN2C)cc1. The fourth-order valence-electron chi connectivity index (χ4n) is 2.49. The molecule has 0 amide bonds. The number of likely N-dealkylation sites (N-methyl/N-ethyl adjacent to an activating group) is 1. The minimum atomic E-state index is 0.653. The van der Waals surface area contributed by atoms with Crippen molar-refractivity contribution < 1.29 is 0 Å². The highest BCUT2D eigenvalue weighted by atomic mass is 15.2. The van der Waals surface area contributed by atoms with Crippen LogP contribution in [-0.4, -0.2) is 37.6 Å². The number of nitrogens with zero attached hydrogens (tertiary/aromatic N) is 1. The molecule has 2 rings (SSSR count). The fourth-order valence-corrected chi connectivity index (χ4v) is 2.49. The summed E-state index contributed by atoms with van der Waals surface area (Å²) in [4.78, 5) is 2.47. The van der Waals surface area contributed by atoms with Gasteiger partial charge in [-0.15, -0.1) is 0 Å². The molecule has 1 saturated heterocycles. The van der Waals surface area contributed by atoms with Crippen LogP contribution in [0.5, 0.6) is 0 Å². The molecule has 1 atom stereocenters. The molecule has 2 nitrogen and oxygen atoms in total. The van der Waals surface area contributed by atoms with Gasteiger partial charge in [-0.1, -0.05) is 37.6 Å². The van der Waals surface area contributed by atoms with Gasteiger partial charge in [0, 0.05) is 25.7 Å². The topological polar surface area (TPSA) is 15.3 Å². The van der Waals surface area contributed by atoms with Gasteiger partial charge in [0.1, 0.15) is 0 Å². The highest BCUT2D eigenvalue weighted by Gasteiger charge is 2.18.